The van der Waals surface area contributed by atoms with E-state index in [9.17, 15) is 9.90 Å². The molecule has 0 bridgehead atoms. The number of rotatable bonds is 8. The molecule has 1 amide bonds. The van der Waals surface area contributed by atoms with Gasteiger partial charge in [-0.2, -0.15) is 5.10 Å². The number of aliphatic hydroxyl groups is 1. The van der Waals surface area contributed by atoms with Crippen molar-refractivity contribution in [1.29, 1.82) is 0 Å². The topological polar surface area (TPSA) is 110 Å². The zero-order valence-corrected chi connectivity index (χ0v) is 20.7. The van der Waals surface area contributed by atoms with Crippen LogP contribution in [0.4, 0.5) is 5.95 Å². The Morgan fingerprint density at radius 1 is 1.26 bits per heavy atom. The van der Waals surface area contributed by atoms with Crippen molar-refractivity contribution in [2.75, 3.05) is 32.6 Å². The molecule has 0 spiro atoms. The zero-order valence-electron chi connectivity index (χ0n) is 20.7. The lowest BCUT2D eigenvalue weighted by atomic mass is 9.85. The van der Waals surface area contributed by atoms with Crippen molar-refractivity contribution in [3.8, 4) is 11.1 Å². The molecular weight excluding hydrogens is 446 g/mol. The van der Waals surface area contributed by atoms with E-state index in [2.05, 4.69) is 27.7 Å². The molecule has 0 radical (unpaired) electrons. The smallest absolute Gasteiger partial charge is 0.241 e. The number of aromatic nitrogens is 5. The van der Waals surface area contributed by atoms with Crippen molar-refractivity contribution >= 4 is 17.4 Å². The van der Waals surface area contributed by atoms with E-state index in [4.69, 9.17) is 9.84 Å². The number of ether oxygens (including phenoxy) is 1. The second-order valence-electron chi connectivity index (χ2n) is 10.2. The van der Waals surface area contributed by atoms with Crippen LogP contribution < -0.4 is 5.32 Å². The van der Waals surface area contributed by atoms with Gasteiger partial charge in [0.05, 0.1) is 30.6 Å². The molecule has 5 rings (SSSR count). The van der Waals surface area contributed by atoms with Crippen LogP contribution in [-0.4, -0.2) is 79.7 Å². The molecule has 2 N–H and O–H groups in total. The fraction of sp³-hybridized carbons (Fsp3) is 0.600. The maximum absolute atomic E-state index is 11.9. The van der Waals surface area contributed by atoms with Crippen LogP contribution in [0, 0.1) is 5.92 Å². The van der Waals surface area contributed by atoms with Crippen molar-refractivity contribution in [3.05, 3.63) is 30.4 Å². The summed E-state index contributed by atoms with van der Waals surface area (Å²) < 4.78 is 9.19. The van der Waals surface area contributed by atoms with Gasteiger partial charge < -0.3 is 20.1 Å². The highest BCUT2D eigenvalue weighted by Crippen LogP contribution is 2.37. The van der Waals surface area contributed by atoms with E-state index in [1.807, 2.05) is 35.6 Å². The van der Waals surface area contributed by atoms with Gasteiger partial charge in [-0.15, -0.1) is 5.10 Å². The molecule has 0 unspecified atom stereocenters. The Morgan fingerprint density at radius 2 is 2.06 bits per heavy atom. The SMILES string of the molecule is COC[C@H](C)Nc1ncc2c(-c3cnn(C[C@@H]4CC(=O)N(C)C4)c3)cc(C3CCC(O)CC3)n2n1. The van der Waals surface area contributed by atoms with Crippen molar-refractivity contribution in [2.24, 2.45) is 5.92 Å². The first-order chi connectivity index (χ1) is 16.9. The minimum Gasteiger partial charge on any atom is -0.393 e. The maximum atomic E-state index is 11.9. The van der Waals surface area contributed by atoms with Gasteiger partial charge in [0.15, 0.2) is 0 Å². The van der Waals surface area contributed by atoms with E-state index in [1.165, 1.54) is 0 Å². The van der Waals surface area contributed by atoms with E-state index >= 15 is 0 Å². The van der Waals surface area contributed by atoms with Crippen molar-refractivity contribution in [3.63, 3.8) is 0 Å². The Balaban J connectivity index is 1.46. The summed E-state index contributed by atoms with van der Waals surface area (Å²) in [6, 6.07) is 2.30. The zero-order chi connectivity index (χ0) is 24.5. The summed E-state index contributed by atoms with van der Waals surface area (Å²) in [7, 11) is 3.54. The third kappa shape index (κ3) is 5.04. The molecule has 3 aromatic rings. The number of methoxy groups -OCH3 is 1. The van der Waals surface area contributed by atoms with Crippen molar-refractivity contribution in [2.45, 2.75) is 63.6 Å². The van der Waals surface area contributed by atoms with Crippen LogP contribution in [0.5, 0.6) is 0 Å². The fourth-order valence-electron chi connectivity index (χ4n) is 5.43. The second kappa shape index (κ2) is 9.94. The number of likely N-dealkylation sites (tertiary alicyclic amines) is 1. The summed E-state index contributed by atoms with van der Waals surface area (Å²) in [5.41, 5.74) is 4.14. The van der Waals surface area contributed by atoms with Crippen molar-refractivity contribution in [1.82, 2.24) is 29.3 Å². The molecule has 188 valence electrons. The fourth-order valence-corrected chi connectivity index (χ4v) is 5.43. The van der Waals surface area contributed by atoms with Crippen LogP contribution >= 0.6 is 0 Å². The van der Waals surface area contributed by atoms with Gasteiger partial charge >= 0.3 is 0 Å². The number of nitrogens with one attached hydrogen (secondary N) is 1. The molecule has 4 heterocycles. The van der Waals surface area contributed by atoms with Crippen LogP contribution in [0.2, 0.25) is 0 Å². The lowest BCUT2D eigenvalue weighted by Crippen LogP contribution is -2.23. The van der Waals surface area contributed by atoms with E-state index in [0.29, 0.717) is 24.9 Å². The molecule has 0 aromatic carbocycles. The van der Waals surface area contributed by atoms with E-state index in [0.717, 1.165) is 61.1 Å². The largest absolute Gasteiger partial charge is 0.393 e. The molecule has 1 saturated heterocycles. The predicted octanol–water partition coefficient (Wildman–Crippen LogP) is 2.54. The molecule has 1 saturated carbocycles. The summed E-state index contributed by atoms with van der Waals surface area (Å²) in [5, 5.41) is 22.8. The number of carbonyl (C=O) groups is 1. The molecule has 10 nitrogen and oxygen atoms in total. The number of nitrogens with zero attached hydrogens (tertiary/aromatic N) is 6. The molecule has 35 heavy (non-hydrogen) atoms. The molecule has 2 fully saturated rings. The first-order valence-electron chi connectivity index (χ1n) is 12.5. The van der Waals surface area contributed by atoms with Crippen LogP contribution in [0.3, 0.4) is 0 Å². The number of hydrogen-bond acceptors (Lipinski definition) is 7. The number of fused-ring (bicyclic) bond motifs is 1. The third-order valence-electron chi connectivity index (χ3n) is 7.26. The second-order valence-corrected chi connectivity index (χ2v) is 10.2. The van der Waals surface area contributed by atoms with Crippen LogP contribution in [0.15, 0.2) is 24.7 Å². The Hall–Kier alpha value is -2.98. The van der Waals surface area contributed by atoms with Gasteiger partial charge in [-0.05, 0) is 38.7 Å². The average molecular weight is 482 g/mol. The minimum absolute atomic E-state index is 0.0838. The summed E-state index contributed by atoms with van der Waals surface area (Å²) in [6.45, 7) is 4.09. The highest BCUT2D eigenvalue weighted by molar-refractivity contribution is 5.81. The predicted molar refractivity (Wildman–Crippen MR) is 132 cm³/mol. The molecule has 3 aromatic heterocycles. The van der Waals surface area contributed by atoms with Gasteiger partial charge in [0.25, 0.3) is 0 Å². The van der Waals surface area contributed by atoms with Crippen LogP contribution in [0.25, 0.3) is 16.6 Å². The van der Waals surface area contributed by atoms with Gasteiger partial charge in [0.1, 0.15) is 0 Å². The third-order valence-corrected chi connectivity index (χ3v) is 7.26. The maximum Gasteiger partial charge on any atom is 0.241 e. The summed E-state index contributed by atoms with van der Waals surface area (Å²) >= 11 is 0. The number of carbonyl (C=O) groups excluding carboxylic acids is 1. The number of aliphatic hydroxyl groups excluding tert-OH is 1. The van der Waals surface area contributed by atoms with Gasteiger partial charge in [-0.25, -0.2) is 9.50 Å². The number of anilines is 1. The number of hydrogen-bond donors (Lipinski definition) is 2. The molecule has 1 aliphatic carbocycles. The monoisotopic (exact) mass is 481 g/mol. The Kier molecular flexibility index (Phi) is 6.75. The molecular formula is C25H35N7O3. The quantitative estimate of drug-likeness (QED) is 0.509. The van der Waals surface area contributed by atoms with E-state index < -0.39 is 0 Å². The lowest BCUT2D eigenvalue weighted by Gasteiger charge is -2.25. The minimum atomic E-state index is -0.210. The van der Waals surface area contributed by atoms with E-state index in [-0.39, 0.29) is 24.0 Å². The van der Waals surface area contributed by atoms with Crippen molar-refractivity contribution < 1.29 is 14.6 Å². The number of amides is 1. The molecule has 2 atom stereocenters. The Bertz CT molecular complexity index is 1180. The standard InChI is InChI=1S/C25H35N7O3/c1-16(15-35-3)28-25-26-11-23-21(9-22(32(23)29-25)18-4-6-20(33)7-5-18)19-10-27-31(14-19)13-17-8-24(34)30(2)12-17/h9-11,14,16-18,20,33H,4-8,12-13,15H2,1-3H3,(H,28,29)/t16-,17+,18?,20?/m0/s1. The average Bonchev–Trinajstić information content (AvgIpc) is 3.52. The molecule has 2 aliphatic rings. The lowest BCUT2D eigenvalue weighted by molar-refractivity contribution is -0.126. The Morgan fingerprint density at radius 3 is 2.77 bits per heavy atom. The Labute approximate surface area is 205 Å². The van der Waals surface area contributed by atoms with Gasteiger partial charge in [0.2, 0.25) is 11.9 Å². The van der Waals surface area contributed by atoms with E-state index in [1.54, 1.807) is 12.0 Å². The van der Waals surface area contributed by atoms with Crippen LogP contribution in [-0.2, 0) is 16.1 Å². The van der Waals surface area contributed by atoms with Gasteiger partial charge in [0, 0.05) is 74.6 Å². The van der Waals surface area contributed by atoms with Crippen LogP contribution in [0.1, 0.15) is 50.6 Å². The normalized spacial score (nSPS) is 23.8. The first-order valence-corrected chi connectivity index (χ1v) is 12.5. The first kappa shape index (κ1) is 23.7. The molecule has 10 heteroatoms. The highest BCUT2D eigenvalue weighted by atomic mass is 16.5. The summed E-state index contributed by atoms with van der Waals surface area (Å²) in [5.74, 6) is 1.37. The summed E-state index contributed by atoms with van der Waals surface area (Å²) in [4.78, 5) is 18.3. The highest BCUT2D eigenvalue weighted by Gasteiger charge is 2.28. The summed E-state index contributed by atoms with van der Waals surface area (Å²) in [6.07, 6.45) is 9.65. The van der Waals surface area contributed by atoms with Gasteiger partial charge in [-0.1, -0.05) is 0 Å². The van der Waals surface area contributed by atoms with Gasteiger partial charge in [-0.3, -0.25) is 9.48 Å². The molecule has 1 aliphatic heterocycles.